The summed E-state index contributed by atoms with van der Waals surface area (Å²) >= 11 is 0. The van der Waals surface area contributed by atoms with Crippen molar-refractivity contribution in [3.63, 3.8) is 0 Å². The standard InChI is InChI=1S/C16H31NO/c1-4-6-10-15(5-2)13-17(14(3)18)16-11-8-7-9-12-16/h15-16H,4-13H2,1-3H3. The SMILES string of the molecule is CCCCC(CC)CN(C(C)=O)C1CCCCC1. The molecule has 1 fully saturated rings. The van der Waals surface area contributed by atoms with Gasteiger partial charge in [0.1, 0.15) is 0 Å². The molecule has 18 heavy (non-hydrogen) atoms. The third kappa shape index (κ3) is 4.99. The highest BCUT2D eigenvalue weighted by Crippen LogP contribution is 2.25. The number of rotatable bonds is 7. The van der Waals surface area contributed by atoms with Crippen LogP contribution in [0, 0.1) is 5.92 Å². The first-order valence-corrected chi connectivity index (χ1v) is 7.96. The Balaban J connectivity index is 2.51. The Morgan fingerprint density at radius 2 is 1.89 bits per heavy atom. The molecule has 0 heterocycles. The van der Waals surface area contributed by atoms with Crippen LogP contribution in [0.15, 0.2) is 0 Å². The number of hydrogen-bond acceptors (Lipinski definition) is 1. The summed E-state index contributed by atoms with van der Waals surface area (Å²) < 4.78 is 0. The molecule has 1 amide bonds. The molecule has 2 heteroatoms. The maximum absolute atomic E-state index is 11.9. The molecule has 1 atom stereocenters. The van der Waals surface area contributed by atoms with E-state index in [9.17, 15) is 4.79 Å². The van der Waals surface area contributed by atoms with Crippen molar-refractivity contribution in [1.29, 1.82) is 0 Å². The Morgan fingerprint density at radius 3 is 2.39 bits per heavy atom. The number of amides is 1. The third-order valence-electron chi connectivity index (χ3n) is 4.42. The molecule has 1 rings (SSSR count). The molecule has 0 bridgehead atoms. The number of nitrogens with zero attached hydrogens (tertiary/aromatic N) is 1. The van der Waals surface area contributed by atoms with Crippen molar-refractivity contribution in [3.05, 3.63) is 0 Å². The molecule has 2 nitrogen and oxygen atoms in total. The highest BCUT2D eigenvalue weighted by atomic mass is 16.2. The molecule has 0 radical (unpaired) electrons. The molecular formula is C16H31NO. The van der Waals surface area contributed by atoms with Gasteiger partial charge in [-0.05, 0) is 25.2 Å². The van der Waals surface area contributed by atoms with Crippen molar-refractivity contribution in [1.82, 2.24) is 4.90 Å². The Bertz CT molecular complexity index is 233. The van der Waals surface area contributed by atoms with Gasteiger partial charge in [-0.15, -0.1) is 0 Å². The van der Waals surface area contributed by atoms with Crippen LogP contribution in [-0.4, -0.2) is 23.4 Å². The number of carbonyl (C=O) groups is 1. The normalized spacial score (nSPS) is 18.6. The lowest BCUT2D eigenvalue weighted by Crippen LogP contribution is -2.43. The van der Waals surface area contributed by atoms with Crippen LogP contribution in [0.3, 0.4) is 0 Å². The smallest absolute Gasteiger partial charge is 0.219 e. The Hall–Kier alpha value is -0.530. The van der Waals surface area contributed by atoms with E-state index in [1.54, 1.807) is 6.92 Å². The van der Waals surface area contributed by atoms with E-state index >= 15 is 0 Å². The second-order valence-corrected chi connectivity index (χ2v) is 5.88. The minimum absolute atomic E-state index is 0.289. The average Bonchev–Trinajstić information content (AvgIpc) is 2.39. The lowest BCUT2D eigenvalue weighted by Gasteiger charge is -2.36. The van der Waals surface area contributed by atoms with Crippen molar-refractivity contribution < 1.29 is 4.79 Å². The molecule has 1 aliphatic carbocycles. The van der Waals surface area contributed by atoms with Crippen molar-refractivity contribution in [2.45, 2.75) is 84.6 Å². The molecule has 0 spiro atoms. The molecule has 0 N–H and O–H groups in total. The number of hydrogen-bond donors (Lipinski definition) is 0. The first kappa shape index (κ1) is 15.5. The van der Waals surface area contributed by atoms with Gasteiger partial charge in [-0.1, -0.05) is 52.4 Å². The average molecular weight is 253 g/mol. The summed E-state index contributed by atoms with van der Waals surface area (Å²) in [7, 11) is 0. The van der Waals surface area contributed by atoms with Gasteiger partial charge in [0.05, 0.1) is 0 Å². The summed E-state index contributed by atoms with van der Waals surface area (Å²) in [4.78, 5) is 14.1. The van der Waals surface area contributed by atoms with Crippen molar-refractivity contribution >= 4 is 5.91 Å². The molecule has 106 valence electrons. The van der Waals surface area contributed by atoms with E-state index in [4.69, 9.17) is 0 Å². The predicted molar refractivity (Wildman–Crippen MR) is 77.6 cm³/mol. The van der Waals surface area contributed by atoms with Gasteiger partial charge in [-0.25, -0.2) is 0 Å². The van der Waals surface area contributed by atoms with Gasteiger partial charge in [-0.2, -0.15) is 0 Å². The van der Waals surface area contributed by atoms with Gasteiger partial charge in [0, 0.05) is 19.5 Å². The summed E-state index contributed by atoms with van der Waals surface area (Å²) in [6.45, 7) is 7.26. The lowest BCUT2D eigenvalue weighted by molar-refractivity contribution is -0.132. The van der Waals surface area contributed by atoms with Crippen LogP contribution in [-0.2, 0) is 4.79 Å². The van der Waals surface area contributed by atoms with Crippen molar-refractivity contribution in [3.8, 4) is 0 Å². The van der Waals surface area contributed by atoms with Crippen LogP contribution in [0.4, 0.5) is 0 Å². The van der Waals surface area contributed by atoms with Crippen LogP contribution < -0.4 is 0 Å². The Kier molecular flexibility index (Phi) is 7.38. The van der Waals surface area contributed by atoms with Crippen molar-refractivity contribution in [2.24, 2.45) is 5.92 Å². The Labute approximate surface area is 113 Å². The zero-order valence-electron chi connectivity index (χ0n) is 12.6. The van der Waals surface area contributed by atoms with Crippen molar-refractivity contribution in [2.75, 3.05) is 6.54 Å². The van der Waals surface area contributed by atoms with E-state index < -0.39 is 0 Å². The minimum atomic E-state index is 0.289. The maximum Gasteiger partial charge on any atom is 0.219 e. The summed E-state index contributed by atoms with van der Waals surface area (Å²) in [5.74, 6) is 0.993. The summed E-state index contributed by atoms with van der Waals surface area (Å²) in [6, 6.07) is 0.534. The van der Waals surface area contributed by atoms with Gasteiger partial charge >= 0.3 is 0 Å². The molecular weight excluding hydrogens is 222 g/mol. The fourth-order valence-corrected chi connectivity index (χ4v) is 3.12. The molecule has 1 unspecified atom stereocenters. The van der Waals surface area contributed by atoms with Crippen LogP contribution in [0.25, 0.3) is 0 Å². The van der Waals surface area contributed by atoms with Crippen LogP contribution in [0.2, 0.25) is 0 Å². The number of unbranched alkanes of at least 4 members (excludes halogenated alkanes) is 1. The van der Waals surface area contributed by atoms with E-state index in [1.165, 1.54) is 57.8 Å². The zero-order valence-corrected chi connectivity index (χ0v) is 12.6. The van der Waals surface area contributed by atoms with Gasteiger partial charge in [0.15, 0.2) is 0 Å². The Morgan fingerprint density at radius 1 is 1.22 bits per heavy atom. The molecule has 0 aromatic rings. The summed E-state index contributed by atoms with van der Waals surface area (Å²) in [6.07, 6.45) is 11.5. The van der Waals surface area contributed by atoms with Gasteiger partial charge < -0.3 is 4.90 Å². The summed E-state index contributed by atoms with van der Waals surface area (Å²) in [5.41, 5.74) is 0. The molecule has 1 aliphatic rings. The third-order valence-corrected chi connectivity index (χ3v) is 4.42. The highest BCUT2D eigenvalue weighted by molar-refractivity contribution is 5.73. The topological polar surface area (TPSA) is 20.3 Å². The van der Waals surface area contributed by atoms with Gasteiger partial charge in [0.2, 0.25) is 5.91 Å². The number of carbonyl (C=O) groups excluding carboxylic acids is 1. The fourth-order valence-electron chi connectivity index (χ4n) is 3.12. The van der Waals surface area contributed by atoms with E-state index in [0.717, 1.165) is 6.54 Å². The fraction of sp³-hybridized carbons (Fsp3) is 0.938. The molecule has 0 aromatic carbocycles. The van der Waals surface area contributed by atoms with Gasteiger partial charge in [0.25, 0.3) is 0 Å². The molecule has 0 aliphatic heterocycles. The first-order valence-electron chi connectivity index (χ1n) is 7.96. The van der Waals surface area contributed by atoms with Crippen LogP contribution >= 0.6 is 0 Å². The van der Waals surface area contributed by atoms with E-state index in [1.807, 2.05) is 0 Å². The monoisotopic (exact) mass is 253 g/mol. The first-order chi connectivity index (χ1) is 8.69. The van der Waals surface area contributed by atoms with E-state index in [-0.39, 0.29) is 5.91 Å². The second kappa shape index (κ2) is 8.55. The molecule has 0 aromatic heterocycles. The van der Waals surface area contributed by atoms with E-state index in [2.05, 4.69) is 18.7 Å². The van der Waals surface area contributed by atoms with Crippen LogP contribution in [0.1, 0.15) is 78.6 Å². The van der Waals surface area contributed by atoms with Crippen LogP contribution in [0.5, 0.6) is 0 Å². The quantitative estimate of drug-likeness (QED) is 0.659. The lowest BCUT2D eigenvalue weighted by atomic mass is 9.92. The second-order valence-electron chi connectivity index (χ2n) is 5.88. The van der Waals surface area contributed by atoms with E-state index in [0.29, 0.717) is 12.0 Å². The summed E-state index contributed by atoms with van der Waals surface area (Å²) in [5, 5.41) is 0. The minimum Gasteiger partial charge on any atom is -0.340 e. The zero-order chi connectivity index (χ0) is 13.4. The maximum atomic E-state index is 11.9. The molecule has 0 saturated heterocycles. The predicted octanol–water partition coefficient (Wildman–Crippen LogP) is 4.38. The largest absolute Gasteiger partial charge is 0.340 e. The highest BCUT2D eigenvalue weighted by Gasteiger charge is 2.24. The van der Waals surface area contributed by atoms with Gasteiger partial charge in [-0.3, -0.25) is 4.79 Å². The molecule has 1 saturated carbocycles.